The second kappa shape index (κ2) is 7.32. The van der Waals surface area contributed by atoms with Crippen molar-refractivity contribution in [3.8, 4) is 0 Å². The molecular formula is C20H24N6O3. The molecule has 0 aliphatic carbocycles. The summed E-state index contributed by atoms with van der Waals surface area (Å²) in [4.78, 5) is 38.0. The van der Waals surface area contributed by atoms with Crippen LogP contribution in [0.1, 0.15) is 30.8 Å². The third-order valence-electron chi connectivity index (χ3n) is 4.98. The minimum atomic E-state index is -1.02. The van der Waals surface area contributed by atoms with E-state index in [1.807, 2.05) is 6.07 Å². The molecule has 0 radical (unpaired) electrons. The highest BCUT2D eigenvalue weighted by Crippen LogP contribution is 2.39. The number of carbonyl (C=O) groups excluding carboxylic acids is 2. The standard InChI is InChI=1S/C20H24N6O3/c1-20(2,29)12-22-18(27)14-6-7-15-17(23-14)26(13-8-10-25(15)11-13)19(28)24-16-5-3-4-9-21-16/h3-7,9,13,29H,8,10-12H2,1-2H3,(H,22,27)(H,21,24,28)/t13-/m0/s1. The number of hydrogen-bond donors (Lipinski definition) is 3. The number of aromatic nitrogens is 2. The third kappa shape index (κ3) is 4.00. The van der Waals surface area contributed by atoms with Crippen molar-refractivity contribution < 1.29 is 14.7 Å². The Kier molecular flexibility index (Phi) is 4.83. The van der Waals surface area contributed by atoms with Crippen LogP contribution in [0.3, 0.4) is 0 Å². The molecule has 2 aromatic rings. The highest BCUT2D eigenvalue weighted by molar-refractivity contribution is 6.05. The van der Waals surface area contributed by atoms with E-state index >= 15 is 0 Å². The Balaban J connectivity index is 1.62. The molecule has 3 amide bonds. The van der Waals surface area contributed by atoms with E-state index in [9.17, 15) is 14.7 Å². The molecule has 152 valence electrons. The van der Waals surface area contributed by atoms with Crippen LogP contribution in [0, 0.1) is 0 Å². The van der Waals surface area contributed by atoms with Gasteiger partial charge in [0.2, 0.25) is 0 Å². The van der Waals surface area contributed by atoms with Gasteiger partial charge in [0, 0.05) is 25.8 Å². The van der Waals surface area contributed by atoms with Crippen LogP contribution >= 0.6 is 0 Å². The average Bonchev–Trinajstić information content (AvgIpc) is 3.10. The van der Waals surface area contributed by atoms with Gasteiger partial charge in [0.15, 0.2) is 5.82 Å². The number of fused-ring (bicyclic) bond motifs is 4. The normalized spacial score (nSPS) is 17.7. The maximum absolute atomic E-state index is 13.0. The molecule has 1 saturated heterocycles. The second-order valence-electron chi connectivity index (χ2n) is 7.94. The number of hydrogen-bond acceptors (Lipinski definition) is 6. The minimum absolute atomic E-state index is 0.0200. The van der Waals surface area contributed by atoms with Crippen LogP contribution in [0.5, 0.6) is 0 Å². The summed E-state index contributed by atoms with van der Waals surface area (Å²) in [6.45, 7) is 4.89. The van der Waals surface area contributed by atoms with Gasteiger partial charge in [-0.3, -0.25) is 15.0 Å². The summed E-state index contributed by atoms with van der Waals surface area (Å²) in [6, 6.07) is 8.42. The van der Waals surface area contributed by atoms with Crippen molar-refractivity contribution in [2.45, 2.75) is 31.9 Å². The van der Waals surface area contributed by atoms with Crippen LogP contribution in [0.4, 0.5) is 22.1 Å². The lowest BCUT2D eigenvalue weighted by Crippen LogP contribution is -2.48. The summed E-state index contributed by atoms with van der Waals surface area (Å²) >= 11 is 0. The zero-order valence-electron chi connectivity index (χ0n) is 16.4. The first-order chi connectivity index (χ1) is 13.8. The van der Waals surface area contributed by atoms with Crippen molar-refractivity contribution in [1.29, 1.82) is 0 Å². The van der Waals surface area contributed by atoms with E-state index in [0.29, 0.717) is 11.6 Å². The number of urea groups is 1. The molecule has 9 heteroatoms. The highest BCUT2D eigenvalue weighted by atomic mass is 16.3. The first-order valence-corrected chi connectivity index (χ1v) is 9.60. The summed E-state index contributed by atoms with van der Waals surface area (Å²) < 4.78 is 0. The molecule has 2 aromatic heterocycles. The molecule has 0 unspecified atom stereocenters. The van der Waals surface area contributed by atoms with Gasteiger partial charge in [-0.15, -0.1) is 0 Å². The average molecular weight is 396 g/mol. The molecule has 0 aromatic carbocycles. The van der Waals surface area contributed by atoms with Gasteiger partial charge in [-0.05, 0) is 44.5 Å². The Morgan fingerprint density at radius 2 is 2.10 bits per heavy atom. The zero-order valence-corrected chi connectivity index (χ0v) is 16.4. The summed E-state index contributed by atoms with van der Waals surface area (Å²) in [5.41, 5.74) is 0.00335. The number of pyridine rings is 2. The van der Waals surface area contributed by atoms with E-state index in [2.05, 4.69) is 25.5 Å². The molecule has 29 heavy (non-hydrogen) atoms. The number of anilines is 3. The molecular weight excluding hydrogens is 372 g/mol. The predicted octanol–water partition coefficient (Wildman–Crippen LogP) is 1.61. The second-order valence-corrected chi connectivity index (χ2v) is 7.94. The van der Waals surface area contributed by atoms with Gasteiger partial charge in [-0.1, -0.05) is 6.07 Å². The SMILES string of the molecule is CC(C)(O)CNC(=O)c1ccc2c(n1)N(C(=O)Nc1ccccn1)[C@H]1CCN2C1. The monoisotopic (exact) mass is 396 g/mol. The summed E-state index contributed by atoms with van der Waals surface area (Å²) in [7, 11) is 0. The van der Waals surface area contributed by atoms with Gasteiger partial charge in [0.05, 0.1) is 17.3 Å². The molecule has 2 aliphatic rings. The Bertz CT molecular complexity index is 928. The topological polar surface area (TPSA) is 111 Å². The molecule has 1 fully saturated rings. The Labute approximate surface area is 168 Å². The summed E-state index contributed by atoms with van der Waals surface area (Å²) in [5.74, 6) is 0.523. The predicted molar refractivity (Wildman–Crippen MR) is 109 cm³/mol. The van der Waals surface area contributed by atoms with Crippen molar-refractivity contribution in [3.05, 3.63) is 42.2 Å². The maximum atomic E-state index is 13.0. The molecule has 0 spiro atoms. The Morgan fingerprint density at radius 3 is 2.83 bits per heavy atom. The van der Waals surface area contributed by atoms with Crippen LogP contribution in [0.2, 0.25) is 0 Å². The molecule has 0 saturated carbocycles. The lowest BCUT2D eigenvalue weighted by molar-refractivity contribution is 0.0692. The smallest absolute Gasteiger partial charge is 0.329 e. The number of nitrogens with zero attached hydrogens (tertiary/aromatic N) is 4. The van der Waals surface area contributed by atoms with E-state index in [4.69, 9.17) is 0 Å². The maximum Gasteiger partial charge on any atom is 0.329 e. The van der Waals surface area contributed by atoms with Crippen molar-refractivity contribution >= 4 is 29.3 Å². The number of rotatable bonds is 4. The fourth-order valence-corrected chi connectivity index (χ4v) is 3.59. The van der Waals surface area contributed by atoms with Gasteiger partial charge < -0.3 is 15.3 Å². The summed E-state index contributed by atoms with van der Waals surface area (Å²) in [6.07, 6.45) is 2.44. The fraction of sp³-hybridized carbons (Fsp3) is 0.400. The lowest BCUT2D eigenvalue weighted by atomic mass is 10.1. The van der Waals surface area contributed by atoms with Crippen LogP contribution in [-0.4, -0.2) is 58.3 Å². The van der Waals surface area contributed by atoms with Crippen molar-refractivity contribution in [2.24, 2.45) is 0 Å². The van der Waals surface area contributed by atoms with E-state index in [0.717, 1.165) is 25.2 Å². The van der Waals surface area contributed by atoms with Crippen LogP contribution in [0.15, 0.2) is 36.5 Å². The van der Waals surface area contributed by atoms with Crippen LogP contribution in [-0.2, 0) is 0 Å². The first-order valence-electron chi connectivity index (χ1n) is 9.60. The molecule has 4 rings (SSSR count). The number of nitrogens with one attached hydrogen (secondary N) is 2. The van der Waals surface area contributed by atoms with Crippen molar-refractivity contribution in [2.75, 3.05) is 34.8 Å². The van der Waals surface area contributed by atoms with Gasteiger partial charge >= 0.3 is 6.03 Å². The third-order valence-corrected chi connectivity index (χ3v) is 4.98. The van der Waals surface area contributed by atoms with E-state index in [-0.39, 0.29) is 24.3 Å². The number of amides is 3. The Morgan fingerprint density at radius 1 is 1.28 bits per heavy atom. The zero-order chi connectivity index (χ0) is 20.6. The Hall–Kier alpha value is -3.20. The largest absolute Gasteiger partial charge is 0.389 e. The van der Waals surface area contributed by atoms with Gasteiger partial charge in [-0.25, -0.2) is 14.8 Å². The van der Waals surface area contributed by atoms with E-state index < -0.39 is 11.5 Å². The molecule has 3 N–H and O–H groups in total. The summed E-state index contributed by atoms with van der Waals surface area (Å²) in [5, 5.41) is 15.3. The highest BCUT2D eigenvalue weighted by Gasteiger charge is 2.40. The number of aliphatic hydroxyl groups is 1. The molecule has 4 heterocycles. The number of carbonyl (C=O) groups is 2. The van der Waals surface area contributed by atoms with E-state index in [1.165, 1.54) is 0 Å². The first kappa shape index (κ1) is 19.1. The van der Waals surface area contributed by atoms with Gasteiger partial charge in [0.25, 0.3) is 5.91 Å². The molecule has 9 nitrogen and oxygen atoms in total. The van der Waals surface area contributed by atoms with Gasteiger partial charge in [0.1, 0.15) is 11.5 Å². The quantitative estimate of drug-likeness (QED) is 0.724. The lowest BCUT2D eigenvalue weighted by Gasteiger charge is -2.35. The van der Waals surface area contributed by atoms with Crippen molar-refractivity contribution in [1.82, 2.24) is 15.3 Å². The van der Waals surface area contributed by atoms with Crippen LogP contribution < -0.4 is 20.4 Å². The minimum Gasteiger partial charge on any atom is -0.389 e. The van der Waals surface area contributed by atoms with Crippen molar-refractivity contribution in [3.63, 3.8) is 0 Å². The van der Waals surface area contributed by atoms with Gasteiger partial charge in [-0.2, -0.15) is 0 Å². The fourth-order valence-electron chi connectivity index (χ4n) is 3.59. The molecule has 2 bridgehead atoms. The molecule has 1 atom stereocenters. The van der Waals surface area contributed by atoms with E-state index in [1.54, 1.807) is 49.2 Å². The molecule has 2 aliphatic heterocycles. The van der Waals surface area contributed by atoms with Crippen LogP contribution in [0.25, 0.3) is 0 Å².